The second-order valence-electron chi connectivity index (χ2n) is 8.67. The standard InChI is InChI=1S/C23H36N4O2/c1-18(2)25-23(29)27-14-7-10-21(17-27)19-8-6-9-20(16-19)22(28)24-11-15-26-12-4-3-5-13-26/h6,8-9,16,18,21H,3-5,7,10-15,17H2,1-2H3,(H,24,28)(H,25,29)/t21-/m1/s1. The highest BCUT2D eigenvalue weighted by molar-refractivity contribution is 5.94. The molecule has 3 amide bonds. The number of carbonyl (C=O) groups is 2. The van der Waals surface area contributed by atoms with E-state index < -0.39 is 0 Å². The number of urea groups is 1. The van der Waals surface area contributed by atoms with Gasteiger partial charge in [0.25, 0.3) is 5.91 Å². The van der Waals surface area contributed by atoms with Gasteiger partial charge in [-0.25, -0.2) is 4.79 Å². The van der Waals surface area contributed by atoms with Crippen molar-refractivity contribution in [2.24, 2.45) is 0 Å². The lowest BCUT2D eigenvalue weighted by Gasteiger charge is -2.33. The number of amides is 3. The molecule has 0 spiro atoms. The molecule has 2 heterocycles. The first kappa shape index (κ1) is 21.6. The van der Waals surface area contributed by atoms with Crippen molar-refractivity contribution in [3.8, 4) is 0 Å². The Bertz CT molecular complexity index is 685. The van der Waals surface area contributed by atoms with Gasteiger partial charge in [-0.15, -0.1) is 0 Å². The van der Waals surface area contributed by atoms with Gasteiger partial charge < -0.3 is 20.4 Å². The Balaban J connectivity index is 1.54. The van der Waals surface area contributed by atoms with E-state index in [-0.39, 0.29) is 23.9 Å². The lowest BCUT2D eigenvalue weighted by molar-refractivity contribution is 0.0946. The molecule has 0 saturated carbocycles. The molecule has 29 heavy (non-hydrogen) atoms. The molecule has 1 atom stereocenters. The van der Waals surface area contributed by atoms with Crippen LogP contribution in [-0.4, -0.2) is 67.0 Å². The molecule has 0 radical (unpaired) electrons. The topological polar surface area (TPSA) is 64.7 Å². The summed E-state index contributed by atoms with van der Waals surface area (Å²) in [4.78, 5) is 29.3. The lowest BCUT2D eigenvalue weighted by Crippen LogP contribution is -2.47. The third-order valence-corrected chi connectivity index (χ3v) is 5.90. The highest BCUT2D eigenvalue weighted by atomic mass is 16.2. The van der Waals surface area contributed by atoms with Crippen LogP contribution >= 0.6 is 0 Å². The van der Waals surface area contributed by atoms with Gasteiger partial charge in [-0.3, -0.25) is 4.79 Å². The second-order valence-corrected chi connectivity index (χ2v) is 8.67. The number of likely N-dealkylation sites (tertiary alicyclic amines) is 2. The van der Waals surface area contributed by atoms with Gasteiger partial charge in [0, 0.05) is 43.7 Å². The largest absolute Gasteiger partial charge is 0.351 e. The van der Waals surface area contributed by atoms with Crippen molar-refractivity contribution >= 4 is 11.9 Å². The van der Waals surface area contributed by atoms with Crippen molar-refractivity contribution in [2.45, 2.75) is 57.9 Å². The molecule has 160 valence electrons. The van der Waals surface area contributed by atoms with Crippen LogP contribution < -0.4 is 10.6 Å². The van der Waals surface area contributed by atoms with Crippen LogP contribution in [0.25, 0.3) is 0 Å². The van der Waals surface area contributed by atoms with Gasteiger partial charge in [-0.2, -0.15) is 0 Å². The van der Waals surface area contributed by atoms with Gasteiger partial charge >= 0.3 is 6.03 Å². The van der Waals surface area contributed by atoms with Crippen LogP contribution in [0.3, 0.4) is 0 Å². The molecular formula is C23H36N4O2. The predicted molar refractivity (Wildman–Crippen MR) is 116 cm³/mol. The molecule has 2 saturated heterocycles. The zero-order valence-corrected chi connectivity index (χ0v) is 18.0. The molecule has 6 nitrogen and oxygen atoms in total. The Morgan fingerprint density at radius 3 is 2.66 bits per heavy atom. The summed E-state index contributed by atoms with van der Waals surface area (Å²) in [6.07, 6.45) is 5.90. The molecular weight excluding hydrogens is 364 g/mol. The summed E-state index contributed by atoms with van der Waals surface area (Å²) in [6.45, 7) is 9.37. The van der Waals surface area contributed by atoms with Gasteiger partial charge in [0.15, 0.2) is 0 Å². The van der Waals surface area contributed by atoms with Gasteiger partial charge in [0.05, 0.1) is 0 Å². The average molecular weight is 401 g/mol. The number of rotatable bonds is 6. The maximum Gasteiger partial charge on any atom is 0.317 e. The van der Waals surface area contributed by atoms with E-state index in [2.05, 4.69) is 21.6 Å². The maximum atomic E-state index is 12.6. The molecule has 0 aromatic heterocycles. The fraction of sp³-hybridized carbons (Fsp3) is 0.652. The first-order chi connectivity index (χ1) is 14.0. The highest BCUT2D eigenvalue weighted by Crippen LogP contribution is 2.27. The quantitative estimate of drug-likeness (QED) is 0.771. The molecule has 0 aliphatic carbocycles. The summed E-state index contributed by atoms with van der Waals surface area (Å²) >= 11 is 0. The number of nitrogens with one attached hydrogen (secondary N) is 2. The van der Waals surface area contributed by atoms with Crippen LogP contribution in [0.15, 0.2) is 24.3 Å². The van der Waals surface area contributed by atoms with Crippen LogP contribution in [0.5, 0.6) is 0 Å². The molecule has 2 aliphatic heterocycles. The van der Waals surface area contributed by atoms with Crippen molar-refractivity contribution in [3.05, 3.63) is 35.4 Å². The summed E-state index contributed by atoms with van der Waals surface area (Å²) in [5, 5.41) is 6.05. The molecule has 2 N–H and O–H groups in total. The number of nitrogens with zero attached hydrogens (tertiary/aromatic N) is 2. The predicted octanol–water partition coefficient (Wildman–Crippen LogP) is 3.20. The minimum Gasteiger partial charge on any atom is -0.351 e. The number of piperidine rings is 2. The number of benzene rings is 1. The van der Waals surface area contributed by atoms with Gasteiger partial charge in [0.1, 0.15) is 0 Å². The average Bonchev–Trinajstić information content (AvgIpc) is 2.74. The van der Waals surface area contributed by atoms with Crippen molar-refractivity contribution in [1.82, 2.24) is 20.4 Å². The molecule has 0 unspecified atom stereocenters. The van der Waals surface area contributed by atoms with Crippen LogP contribution in [0, 0.1) is 0 Å². The molecule has 0 bridgehead atoms. The van der Waals surface area contributed by atoms with E-state index in [1.165, 1.54) is 19.3 Å². The van der Waals surface area contributed by atoms with E-state index in [0.29, 0.717) is 18.7 Å². The number of hydrogen-bond acceptors (Lipinski definition) is 3. The van der Waals surface area contributed by atoms with Crippen LogP contribution in [-0.2, 0) is 0 Å². The fourth-order valence-corrected chi connectivity index (χ4v) is 4.32. The summed E-state index contributed by atoms with van der Waals surface area (Å²) in [5.74, 6) is 0.275. The third-order valence-electron chi connectivity index (χ3n) is 5.90. The molecule has 3 rings (SSSR count). The molecule has 1 aromatic carbocycles. The van der Waals surface area contributed by atoms with E-state index in [4.69, 9.17) is 0 Å². The highest BCUT2D eigenvalue weighted by Gasteiger charge is 2.25. The van der Waals surface area contributed by atoms with E-state index in [1.807, 2.05) is 36.9 Å². The van der Waals surface area contributed by atoms with E-state index in [1.54, 1.807) is 0 Å². The number of carbonyl (C=O) groups excluding carboxylic acids is 2. The molecule has 6 heteroatoms. The molecule has 2 aliphatic rings. The Labute approximate surface area is 175 Å². The van der Waals surface area contributed by atoms with Crippen molar-refractivity contribution < 1.29 is 9.59 Å². The lowest BCUT2D eigenvalue weighted by atomic mass is 9.89. The minimum atomic E-state index is -0.00549. The zero-order valence-electron chi connectivity index (χ0n) is 18.0. The normalized spacial score (nSPS) is 20.5. The number of hydrogen-bond donors (Lipinski definition) is 2. The van der Waals surface area contributed by atoms with E-state index in [9.17, 15) is 9.59 Å². The zero-order chi connectivity index (χ0) is 20.6. The van der Waals surface area contributed by atoms with Gasteiger partial charge in [-0.1, -0.05) is 18.6 Å². The van der Waals surface area contributed by atoms with E-state index in [0.717, 1.165) is 44.6 Å². The fourth-order valence-electron chi connectivity index (χ4n) is 4.32. The summed E-state index contributed by atoms with van der Waals surface area (Å²) in [6, 6.07) is 8.08. The Hall–Kier alpha value is -2.08. The van der Waals surface area contributed by atoms with Crippen LogP contribution in [0.4, 0.5) is 4.79 Å². The van der Waals surface area contributed by atoms with Crippen molar-refractivity contribution in [3.63, 3.8) is 0 Å². The monoisotopic (exact) mass is 400 g/mol. The molecule has 1 aromatic rings. The first-order valence-corrected chi connectivity index (χ1v) is 11.2. The van der Waals surface area contributed by atoms with Crippen LogP contribution in [0.1, 0.15) is 67.8 Å². The summed E-state index contributed by atoms with van der Waals surface area (Å²) in [7, 11) is 0. The second kappa shape index (κ2) is 10.6. The molecule has 2 fully saturated rings. The minimum absolute atomic E-state index is 0.00549. The van der Waals surface area contributed by atoms with Gasteiger partial charge in [-0.05, 0) is 70.3 Å². The Morgan fingerprint density at radius 1 is 1.10 bits per heavy atom. The van der Waals surface area contributed by atoms with Gasteiger partial charge in [0.2, 0.25) is 0 Å². The third kappa shape index (κ3) is 6.46. The Kier molecular flexibility index (Phi) is 7.92. The SMILES string of the molecule is CC(C)NC(=O)N1CCC[C@@H](c2cccc(C(=O)NCCN3CCCCC3)c2)C1. The van der Waals surface area contributed by atoms with Crippen LogP contribution in [0.2, 0.25) is 0 Å². The maximum absolute atomic E-state index is 12.6. The first-order valence-electron chi connectivity index (χ1n) is 11.2. The Morgan fingerprint density at radius 2 is 1.90 bits per heavy atom. The summed E-state index contributed by atoms with van der Waals surface area (Å²) in [5.41, 5.74) is 1.86. The smallest absolute Gasteiger partial charge is 0.317 e. The van der Waals surface area contributed by atoms with E-state index >= 15 is 0 Å². The summed E-state index contributed by atoms with van der Waals surface area (Å²) < 4.78 is 0. The van der Waals surface area contributed by atoms with Crippen molar-refractivity contribution in [1.29, 1.82) is 0 Å². The van der Waals surface area contributed by atoms with Crippen molar-refractivity contribution in [2.75, 3.05) is 39.3 Å².